The molecular weight excluding hydrogens is 322 g/mol. The summed E-state index contributed by atoms with van der Waals surface area (Å²) in [5.41, 5.74) is 0.750. The summed E-state index contributed by atoms with van der Waals surface area (Å²) in [5, 5.41) is 8.94. The van der Waals surface area contributed by atoms with Gasteiger partial charge in [0.15, 0.2) is 0 Å². The predicted molar refractivity (Wildman–Crippen MR) is 90.9 cm³/mol. The normalized spacial score (nSPS) is 11.0. The van der Waals surface area contributed by atoms with Crippen molar-refractivity contribution in [1.29, 1.82) is 0 Å². The fraction of sp³-hybridized carbons (Fsp3) is 0.333. The lowest BCUT2D eigenvalue weighted by atomic mass is 10.2. The van der Waals surface area contributed by atoms with Crippen molar-refractivity contribution < 1.29 is 19.4 Å². The van der Waals surface area contributed by atoms with Gasteiger partial charge in [0.1, 0.15) is 5.60 Å². The number of ether oxygens (including phenoxy) is 1. The maximum Gasteiger partial charge on any atom is 0.410 e. The minimum absolute atomic E-state index is 0.0947. The SMILES string of the molecule is CC(C)(C)OC(=O)N(Cc1ccccn1)Cc1ccc(C(=O)O)cn1. The average Bonchev–Trinajstić information content (AvgIpc) is 2.54. The molecule has 0 aliphatic heterocycles. The zero-order valence-corrected chi connectivity index (χ0v) is 14.5. The van der Waals surface area contributed by atoms with Crippen molar-refractivity contribution in [2.24, 2.45) is 0 Å². The molecule has 132 valence electrons. The topological polar surface area (TPSA) is 92.6 Å². The molecular formula is C18H21N3O4. The number of nitrogens with zero attached hydrogens (tertiary/aromatic N) is 3. The number of carbonyl (C=O) groups is 2. The number of carboxylic acid groups (broad SMARTS) is 1. The maximum absolute atomic E-state index is 12.5. The van der Waals surface area contributed by atoms with Crippen LogP contribution in [0.3, 0.4) is 0 Å². The van der Waals surface area contributed by atoms with Crippen LogP contribution in [0.15, 0.2) is 42.7 Å². The fourth-order valence-electron chi connectivity index (χ4n) is 2.04. The van der Waals surface area contributed by atoms with Crippen molar-refractivity contribution in [2.75, 3.05) is 0 Å². The largest absolute Gasteiger partial charge is 0.478 e. The van der Waals surface area contributed by atoms with Crippen LogP contribution in [-0.4, -0.2) is 37.6 Å². The second kappa shape index (κ2) is 7.74. The third kappa shape index (κ3) is 5.87. The molecule has 0 unspecified atom stereocenters. The molecule has 2 rings (SSSR count). The summed E-state index contributed by atoms with van der Waals surface area (Å²) in [7, 11) is 0. The molecule has 0 radical (unpaired) electrons. The Hall–Kier alpha value is -2.96. The summed E-state index contributed by atoms with van der Waals surface area (Å²) < 4.78 is 5.44. The highest BCUT2D eigenvalue weighted by Crippen LogP contribution is 2.14. The van der Waals surface area contributed by atoms with Gasteiger partial charge in [0, 0.05) is 12.4 Å². The van der Waals surface area contributed by atoms with E-state index in [2.05, 4.69) is 9.97 Å². The quantitative estimate of drug-likeness (QED) is 0.897. The highest BCUT2D eigenvalue weighted by atomic mass is 16.6. The molecule has 0 saturated heterocycles. The Morgan fingerprint density at radius 3 is 2.24 bits per heavy atom. The van der Waals surface area contributed by atoms with Crippen molar-refractivity contribution in [3.8, 4) is 0 Å². The third-order valence-corrected chi connectivity index (χ3v) is 3.16. The lowest BCUT2D eigenvalue weighted by molar-refractivity contribution is 0.0211. The summed E-state index contributed by atoms with van der Waals surface area (Å²) in [6.45, 7) is 5.83. The Morgan fingerprint density at radius 1 is 1.08 bits per heavy atom. The van der Waals surface area contributed by atoms with E-state index >= 15 is 0 Å². The number of rotatable bonds is 5. The summed E-state index contributed by atoms with van der Waals surface area (Å²) in [6, 6.07) is 8.50. The summed E-state index contributed by atoms with van der Waals surface area (Å²) in [4.78, 5) is 33.2. The third-order valence-electron chi connectivity index (χ3n) is 3.16. The van der Waals surface area contributed by atoms with E-state index in [1.54, 1.807) is 39.1 Å². The molecule has 0 bridgehead atoms. The van der Waals surface area contributed by atoms with E-state index in [4.69, 9.17) is 9.84 Å². The number of carboxylic acids is 1. The Kier molecular flexibility index (Phi) is 5.69. The van der Waals surface area contributed by atoms with Crippen LogP contribution in [0.5, 0.6) is 0 Å². The first kappa shape index (κ1) is 18.4. The minimum Gasteiger partial charge on any atom is -0.478 e. The van der Waals surface area contributed by atoms with E-state index in [9.17, 15) is 9.59 Å². The monoisotopic (exact) mass is 343 g/mol. The number of amides is 1. The molecule has 7 nitrogen and oxygen atoms in total. The van der Waals surface area contributed by atoms with Crippen molar-refractivity contribution in [1.82, 2.24) is 14.9 Å². The Bertz CT molecular complexity index is 724. The number of pyridine rings is 2. The predicted octanol–water partition coefficient (Wildman–Crippen LogP) is 3.11. The molecule has 0 saturated carbocycles. The van der Waals surface area contributed by atoms with E-state index in [0.717, 1.165) is 5.69 Å². The molecule has 25 heavy (non-hydrogen) atoms. The van der Waals surface area contributed by atoms with Crippen LogP contribution in [0, 0.1) is 0 Å². The number of carbonyl (C=O) groups excluding carboxylic acids is 1. The fourth-order valence-corrected chi connectivity index (χ4v) is 2.04. The molecule has 0 aliphatic carbocycles. The summed E-state index contributed by atoms with van der Waals surface area (Å²) in [5.74, 6) is -1.04. The first-order chi connectivity index (χ1) is 11.7. The Labute approximate surface area is 146 Å². The van der Waals surface area contributed by atoms with Crippen molar-refractivity contribution in [3.63, 3.8) is 0 Å². The van der Waals surface area contributed by atoms with E-state index in [1.165, 1.54) is 17.2 Å². The molecule has 1 amide bonds. The smallest absolute Gasteiger partial charge is 0.410 e. The van der Waals surface area contributed by atoms with Gasteiger partial charge in [-0.3, -0.25) is 14.9 Å². The molecule has 7 heteroatoms. The van der Waals surface area contributed by atoms with Gasteiger partial charge >= 0.3 is 12.1 Å². The minimum atomic E-state index is -1.04. The van der Waals surface area contributed by atoms with Gasteiger partial charge in [0.25, 0.3) is 0 Å². The van der Waals surface area contributed by atoms with E-state index in [0.29, 0.717) is 5.69 Å². The van der Waals surface area contributed by atoms with Crippen LogP contribution < -0.4 is 0 Å². The van der Waals surface area contributed by atoms with Crippen molar-refractivity contribution >= 4 is 12.1 Å². The molecule has 0 fully saturated rings. The molecule has 2 heterocycles. The highest BCUT2D eigenvalue weighted by molar-refractivity contribution is 5.87. The summed E-state index contributed by atoms with van der Waals surface area (Å²) >= 11 is 0. The lowest BCUT2D eigenvalue weighted by Crippen LogP contribution is -2.36. The van der Waals surface area contributed by atoms with Crippen LogP contribution in [0.2, 0.25) is 0 Å². The van der Waals surface area contributed by atoms with E-state index < -0.39 is 17.7 Å². The van der Waals surface area contributed by atoms with Gasteiger partial charge in [-0.25, -0.2) is 9.59 Å². The number of aromatic carboxylic acids is 1. The standard InChI is InChI=1S/C18H21N3O4/c1-18(2,3)25-17(24)21(11-14-6-4-5-9-19-14)12-15-8-7-13(10-20-15)16(22)23/h4-10H,11-12H2,1-3H3,(H,22,23). The second-order valence-electron chi connectivity index (χ2n) is 6.50. The average molecular weight is 343 g/mol. The van der Waals surface area contributed by atoms with Crippen LogP contribution in [0.25, 0.3) is 0 Å². The van der Waals surface area contributed by atoms with Gasteiger partial charge in [-0.1, -0.05) is 6.07 Å². The molecule has 0 atom stereocenters. The van der Waals surface area contributed by atoms with Gasteiger partial charge in [0.05, 0.1) is 30.0 Å². The lowest BCUT2D eigenvalue weighted by Gasteiger charge is -2.27. The summed E-state index contributed by atoms with van der Waals surface area (Å²) in [6.07, 6.45) is 2.44. The maximum atomic E-state index is 12.5. The molecule has 1 N–H and O–H groups in total. The van der Waals surface area contributed by atoms with Crippen LogP contribution in [-0.2, 0) is 17.8 Å². The van der Waals surface area contributed by atoms with Crippen LogP contribution in [0.4, 0.5) is 4.79 Å². The van der Waals surface area contributed by atoms with Gasteiger partial charge in [-0.2, -0.15) is 0 Å². The molecule has 2 aromatic rings. The first-order valence-corrected chi connectivity index (χ1v) is 7.80. The molecule has 0 aliphatic rings. The van der Waals surface area contributed by atoms with Gasteiger partial charge in [-0.05, 0) is 45.0 Å². The first-order valence-electron chi connectivity index (χ1n) is 7.80. The van der Waals surface area contributed by atoms with Gasteiger partial charge in [0.2, 0.25) is 0 Å². The zero-order valence-electron chi connectivity index (χ0n) is 14.5. The number of hydrogen-bond donors (Lipinski definition) is 1. The Morgan fingerprint density at radius 2 is 1.76 bits per heavy atom. The molecule has 0 spiro atoms. The van der Waals surface area contributed by atoms with E-state index in [1.807, 2.05) is 12.1 Å². The Balaban J connectivity index is 2.18. The molecule has 0 aromatic carbocycles. The van der Waals surface area contributed by atoms with Crippen molar-refractivity contribution in [2.45, 2.75) is 39.5 Å². The van der Waals surface area contributed by atoms with Crippen LogP contribution in [0.1, 0.15) is 42.5 Å². The van der Waals surface area contributed by atoms with Gasteiger partial charge < -0.3 is 9.84 Å². The number of hydrogen-bond acceptors (Lipinski definition) is 5. The van der Waals surface area contributed by atoms with E-state index in [-0.39, 0.29) is 18.7 Å². The highest BCUT2D eigenvalue weighted by Gasteiger charge is 2.23. The molecule has 2 aromatic heterocycles. The van der Waals surface area contributed by atoms with Gasteiger partial charge in [-0.15, -0.1) is 0 Å². The van der Waals surface area contributed by atoms with Crippen molar-refractivity contribution in [3.05, 3.63) is 59.7 Å². The van der Waals surface area contributed by atoms with Crippen LogP contribution >= 0.6 is 0 Å². The second-order valence-corrected chi connectivity index (χ2v) is 6.50. The number of aromatic nitrogens is 2. The zero-order chi connectivity index (χ0) is 18.4.